The Kier molecular flexibility index (Phi) is 11.4. The monoisotopic (exact) mass is 621 g/mol. The highest BCUT2D eigenvalue weighted by molar-refractivity contribution is 7.99. The number of hydrogen-bond acceptors (Lipinski definition) is 7. The maximum atomic E-state index is 12.8. The second-order valence-electron chi connectivity index (χ2n) is 8.80. The van der Waals surface area contributed by atoms with Crippen molar-refractivity contribution in [2.75, 3.05) is 6.61 Å². The Labute approximate surface area is 251 Å². The molecule has 0 spiro atoms. The molecule has 1 heterocycles. The summed E-state index contributed by atoms with van der Waals surface area (Å²) >= 11 is 18.9. The van der Waals surface area contributed by atoms with Crippen LogP contribution in [0.25, 0.3) is 10.4 Å². The van der Waals surface area contributed by atoms with Gasteiger partial charge in [-0.15, -0.1) is 0 Å². The van der Waals surface area contributed by atoms with Crippen LogP contribution in [0.5, 0.6) is 0 Å². The predicted molar refractivity (Wildman–Crippen MR) is 155 cm³/mol. The van der Waals surface area contributed by atoms with Crippen molar-refractivity contribution in [1.82, 2.24) is 0 Å². The van der Waals surface area contributed by atoms with Crippen molar-refractivity contribution < 1.29 is 23.7 Å². The van der Waals surface area contributed by atoms with E-state index in [1.165, 1.54) is 11.8 Å². The third-order valence-electron chi connectivity index (χ3n) is 5.95. The summed E-state index contributed by atoms with van der Waals surface area (Å²) in [4.78, 5) is 16.7. The van der Waals surface area contributed by atoms with Gasteiger partial charge in [-0.05, 0) is 28.8 Å². The molecule has 0 saturated carbocycles. The lowest BCUT2D eigenvalue weighted by molar-refractivity contribution is -0.210. The highest BCUT2D eigenvalue weighted by Crippen LogP contribution is 2.39. The minimum Gasteiger partial charge on any atom is -0.454 e. The van der Waals surface area contributed by atoms with E-state index < -0.39 is 39.6 Å². The highest BCUT2D eigenvalue weighted by atomic mass is 35.6. The van der Waals surface area contributed by atoms with Gasteiger partial charge in [-0.25, -0.2) is 4.79 Å². The van der Waals surface area contributed by atoms with Gasteiger partial charge in [0, 0.05) is 9.81 Å². The summed E-state index contributed by atoms with van der Waals surface area (Å²) in [5.41, 5.74) is 10.6. The lowest BCUT2D eigenvalue weighted by atomic mass is 9.97. The Hall–Kier alpha value is -2.46. The second kappa shape index (κ2) is 15.0. The van der Waals surface area contributed by atoms with Crippen LogP contribution < -0.4 is 0 Å². The fraction of sp³-hybridized carbons (Fsp3) is 0.321. The molecule has 1 saturated heterocycles. The number of azide groups is 1. The van der Waals surface area contributed by atoms with Crippen molar-refractivity contribution in [3.63, 3.8) is 0 Å². The van der Waals surface area contributed by atoms with Gasteiger partial charge in [0.2, 0.25) is 0 Å². The van der Waals surface area contributed by atoms with Gasteiger partial charge >= 0.3 is 5.97 Å². The first-order valence-electron chi connectivity index (χ1n) is 12.3. The third kappa shape index (κ3) is 8.77. The van der Waals surface area contributed by atoms with Gasteiger partial charge in [0.1, 0.15) is 23.7 Å². The SMILES string of the molecule is [N-]=[N+]=N[C@@H]1[C@@H](OCc2ccccc2)[C@H](OC(=O)C(Cl)(Cl)Cl)[C@@H](COCc2ccccc2)O[C@H]1Sc1ccccc1. The second-order valence-corrected chi connectivity index (χ2v) is 12.3. The first-order valence-corrected chi connectivity index (χ1v) is 14.3. The molecule has 40 heavy (non-hydrogen) atoms. The van der Waals surface area contributed by atoms with E-state index in [9.17, 15) is 10.3 Å². The number of ether oxygens (including phenoxy) is 4. The van der Waals surface area contributed by atoms with E-state index in [0.29, 0.717) is 0 Å². The number of thioether (sulfide) groups is 1. The van der Waals surface area contributed by atoms with Gasteiger partial charge in [0.15, 0.2) is 6.10 Å². The Balaban J connectivity index is 1.65. The number of esters is 1. The maximum absolute atomic E-state index is 12.8. The minimum absolute atomic E-state index is 0.0206. The van der Waals surface area contributed by atoms with Crippen molar-refractivity contribution in [3.05, 3.63) is 113 Å². The third-order valence-corrected chi connectivity index (χ3v) is 7.58. The normalized spacial score (nSPS) is 22.7. The molecule has 0 aromatic heterocycles. The molecule has 0 amide bonds. The maximum Gasteiger partial charge on any atom is 0.359 e. The zero-order chi connectivity index (χ0) is 28.4. The number of halogens is 3. The van der Waals surface area contributed by atoms with Crippen molar-refractivity contribution in [3.8, 4) is 0 Å². The van der Waals surface area contributed by atoms with Gasteiger partial charge in [0.25, 0.3) is 3.79 Å². The first kappa shape index (κ1) is 30.5. The fourth-order valence-corrected chi connectivity index (χ4v) is 5.36. The molecule has 210 valence electrons. The summed E-state index contributed by atoms with van der Waals surface area (Å²) < 4.78 is 22.0. The lowest BCUT2D eigenvalue weighted by Gasteiger charge is -2.44. The Morgan fingerprint density at radius 1 is 0.900 bits per heavy atom. The quantitative estimate of drug-likeness (QED) is 0.0733. The van der Waals surface area contributed by atoms with Crippen molar-refractivity contribution >= 4 is 52.5 Å². The summed E-state index contributed by atoms with van der Waals surface area (Å²) in [6.07, 6.45) is -2.91. The number of alkyl halides is 3. The molecule has 12 heteroatoms. The molecule has 0 bridgehead atoms. The standard InChI is InChI=1S/C28H26Cl3N3O5S/c29-28(30,31)27(35)39-24-22(18-36-16-19-10-4-1-5-11-19)38-26(40-21-14-8-3-9-15-21)23(33-34-32)25(24)37-17-20-12-6-2-7-13-20/h1-15,22-26H,16-18H2/t22-,23-,24-,25-,26+/m1/s1. The summed E-state index contributed by atoms with van der Waals surface area (Å²) in [6.45, 7) is 0.454. The van der Waals surface area contributed by atoms with E-state index in [1.54, 1.807) is 0 Å². The first-order chi connectivity index (χ1) is 19.3. The summed E-state index contributed by atoms with van der Waals surface area (Å²) in [5.74, 6) is -1.11. The van der Waals surface area contributed by atoms with E-state index in [4.69, 9.17) is 53.8 Å². The average molecular weight is 623 g/mol. The molecule has 3 aromatic carbocycles. The molecule has 4 rings (SSSR count). The molecular weight excluding hydrogens is 597 g/mol. The number of benzene rings is 3. The lowest BCUT2D eigenvalue weighted by Crippen LogP contribution is -2.60. The van der Waals surface area contributed by atoms with Crippen molar-refractivity contribution in [2.45, 2.75) is 51.7 Å². The van der Waals surface area contributed by atoms with Gasteiger partial charge in [-0.1, -0.05) is 131 Å². The molecule has 0 unspecified atom stereocenters. The molecule has 1 aliphatic rings. The van der Waals surface area contributed by atoms with Crippen LogP contribution in [0.1, 0.15) is 11.1 Å². The van der Waals surface area contributed by atoms with Crippen LogP contribution in [0, 0.1) is 0 Å². The smallest absolute Gasteiger partial charge is 0.359 e. The highest BCUT2D eigenvalue weighted by Gasteiger charge is 2.50. The van der Waals surface area contributed by atoms with Crippen LogP contribution in [0.4, 0.5) is 0 Å². The Morgan fingerprint density at radius 3 is 2.05 bits per heavy atom. The molecular formula is C28H26Cl3N3O5S. The predicted octanol–water partition coefficient (Wildman–Crippen LogP) is 7.27. The molecule has 5 atom stereocenters. The van der Waals surface area contributed by atoms with Gasteiger partial charge < -0.3 is 18.9 Å². The summed E-state index contributed by atoms with van der Waals surface area (Å²) in [7, 11) is 0. The molecule has 1 fully saturated rings. The number of hydrogen-bond donors (Lipinski definition) is 0. The fourth-order valence-electron chi connectivity index (χ4n) is 4.10. The molecule has 3 aromatic rings. The topological polar surface area (TPSA) is 103 Å². The zero-order valence-corrected chi connectivity index (χ0v) is 24.2. The number of nitrogens with zero attached hydrogens (tertiary/aromatic N) is 3. The largest absolute Gasteiger partial charge is 0.454 e. The number of carbonyl (C=O) groups is 1. The Bertz CT molecular complexity index is 1260. The van der Waals surface area contributed by atoms with Crippen LogP contribution >= 0.6 is 46.6 Å². The van der Waals surface area contributed by atoms with E-state index in [0.717, 1.165) is 16.0 Å². The summed E-state index contributed by atoms with van der Waals surface area (Å²) in [6, 6.07) is 27.6. The average Bonchev–Trinajstić information content (AvgIpc) is 2.95. The van der Waals surface area contributed by atoms with E-state index in [-0.39, 0.29) is 19.8 Å². The van der Waals surface area contributed by atoms with Gasteiger partial charge in [0.05, 0.1) is 19.8 Å². The minimum atomic E-state index is -2.34. The molecule has 0 N–H and O–H groups in total. The summed E-state index contributed by atoms with van der Waals surface area (Å²) in [5, 5.41) is 4.02. The molecule has 0 radical (unpaired) electrons. The number of rotatable bonds is 11. The van der Waals surface area contributed by atoms with Crippen LogP contribution in [0.15, 0.2) is 101 Å². The van der Waals surface area contributed by atoms with E-state index in [2.05, 4.69) is 10.0 Å². The molecule has 1 aliphatic heterocycles. The van der Waals surface area contributed by atoms with E-state index in [1.807, 2.05) is 91.0 Å². The molecule has 0 aliphatic carbocycles. The zero-order valence-electron chi connectivity index (χ0n) is 21.1. The van der Waals surface area contributed by atoms with Gasteiger partial charge in [-0.3, -0.25) is 0 Å². The van der Waals surface area contributed by atoms with Crippen LogP contribution in [-0.4, -0.2) is 46.2 Å². The molecule has 8 nitrogen and oxygen atoms in total. The van der Waals surface area contributed by atoms with E-state index >= 15 is 0 Å². The Morgan fingerprint density at radius 2 is 1.48 bits per heavy atom. The van der Waals surface area contributed by atoms with Crippen molar-refractivity contribution in [1.29, 1.82) is 0 Å². The van der Waals surface area contributed by atoms with Crippen LogP contribution in [-0.2, 0) is 37.0 Å². The van der Waals surface area contributed by atoms with Crippen molar-refractivity contribution in [2.24, 2.45) is 5.11 Å². The van der Waals surface area contributed by atoms with Crippen LogP contribution in [0.2, 0.25) is 0 Å². The van der Waals surface area contributed by atoms with Crippen LogP contribution in [0.3, 0.4) is 0 Å². The van der Waals surface area contributed by atoms with Gasteiger partial charge in [-0.2, -0.15) is 0 Å². The number of carbonyl (C=O) groups excluding carboxylic acids is 1.